The number of fused-ring (bicyclic) bond motifs is 1. The highest BCUT2D eigenvalue weighted by atomic mass is 16.5. The maximum absolute atomic E-state index is 13.0. The molecule has 50 heavy (non-hydrogen) atoms. The highest BCUT2D eigenvalue weighted by molar-refractivity contribution is 5.93. The van der Waals surface area contributed by atoms with Gasteiger partial charge in [0.05, 0.1) is 18.1 Å². The molecule has 266 valence electrons. The Hall–Kier alpha value is -4.45. The lowest BCUT2D eigenvalue weighted by atomic mass is 9.98. The van der Waals surface area contributed by atoms with Gasteiger partial charge in [-0.1, -0.05) is 133 Å². The molecule has 6 heteroatoms. The SMILES string of the molecule is CCCCCCCCCCCC(=O)Oc1ccc(-c2ccc(C(=O)Oc3ccc4cc([C@H](C)C(=O)OCCCCCC)ccc4c3)cc2)cc1. The fraction of sp³-hybridized carbons (Fsp3) is 0.432. The van der Waals surface area contributed by atoms with Gasteiger partial charge in [0.15, 0.2) is 0 Å². The van der Waals surface area contributed by atoms with Crippen LogP contribution in [0.2, 0.25) is 0 Å². The zero-order chi connectivity index (χ0) is 35.6. The lowest BCUT2D eigenvalue weighted by Crippen LogP contribution is -2.14. The largest absolute Gasteiger partial charge is 0.465 e. The molecular formula is C44H54O6. The summed E-state index contributed by atoms with van der Waals surface area (Å²) in [6.45, 7) is 6.71. The quantitative estimate of drug-likeness (QED) is 0.0496. The molecule has 0 unspecified atom stereocenters. The van der Waals surface area contributed by atoms with Crippen LogP contribution in [0, 0.1) is 0 Å². The second-order valence-corrected chi connectivity index (χ2v) is 13.3. The molecule has 0 heterocycles. The Morgan fingerprint density at radius 1 is 0.560 bits per heavy atom. The van der Waals surface area contributed by atoms with E-state index in [1.165, 1.54) is 44.9 Å². The third kappa shape index (κ3) is 12.5. The number of carbonyl (C=O) groups is 3. The van der Waals surface area contributed by atoms with Crippen LogP contribution in [-0.2, 0) is 14.3 Å². The highest BCUT2D eigenvalue weighted by Crippen LogP contribution is 2.28. The molecule has 4 aromatic carbocycles. The number of esters is 3. The highest BCUT2D eigenvalue weighted by Gasteiger charge is 2.17. The number of ether oxygens (including phenoxy) is 3. The Balaban J connectivity index is 1.22. The Kier molecular flexibility index (Phi) is 16.0. The molecular weight excluding hydrogens is 624 g/mol. The lowest BCUT2D eigenvalue weighted by Gasteiger charge is -2.13. The molecule has 0 N–H and O–H groups in total. The van der Waals surface area contributed by atoms with E-state index in [9.17, 15) is 14.4 Å². The molecule has 0 amide bonds. The predicted molar refractivity (Wildman–Crippen MR) is 202 cm³/mol. The van der Waals surface area contributed by atoms with Gasteiger partial charge in [-0.15, -0.1) is 0 Å². The molecule has 0 saturated carbocycles. The molecule has 0 spiro atoms. The molecule has 0 radical (unpaired) electrons. The summed E-state index contributed by atoms with van der Waals surface area (Å²) in [5, 5.41) is 1.86. The predicted octanol–water partition coefficient (Wildman–Crippen LogP) is 11.8. The number of carbonyl (C=O) groups excluding carboxylic acids is 3. The second kappa shape index (κ2) is 20.9. The van der Waals surface area contributed by atoms with Crippen LogP contribution in [0.15, 0.2) is 84.9 Å². The molecule has 0 aliphatic heterocycles. The first-order valence-electron chi connectivity index (χ1n) is 18.7. The van der Waals surface area contributed by atoms with Crippen LogP contribution < -0.4 is 9.47 Å². The molecule has 6 nitrogen and oxygen atoms in total. The summed E-state index contributed by atoms with van der Waals surface area (Å²) in [6, 6.07) is 26.0. The van der Waals surface area contributed by atoms with Crippen LogP contribution in [0.25, 0.3) is 21.9 Å². The van der Waals surface area contributed by atoms with Gasteiger partial charge in [-0.25, -0.2) is 4.79 Å². The summed E-state index contributed by atoms with van der Waals surface area (Å²) >= 11 is 0. The van der Waals surface area contributed by atoms with Crippen molar-refractivity contribution in [1.82, 2.24) is 0 Å². The summed E-state index contributed by atoms with van der Waals surface area (Å²) in [5.41, 5.74) is 3.21. The van der Waals surface area contributed by atoms with E-state index in [1.54, 1.807) is 30.3 Å². The van der Waals surface area contributed by atoms with Crippen molar-refractivity contribution < 1.29 is 28.6 Å². The summed E-state index contributed by atoms with van der Waals surface area (Å²) < 4.78 is 16.7. The fourth-order valence-corrected chi connectivity index (χ4v) is 5.98. The Labute approximate surface area is 298 Å². The van der Waals surface area contributed by atoms with Gasteiger partial charge in [-0.3, -0.25) is 9.59 Å². The minimum Gasteiger partial charge on any atom is -0.465 e. The normalized spacial score (nSPS) is 11.7. The molecule has 0 aliphatic carbocycles. The van der Waals surface area contributed by atoms with Gasteiger partial charge >= 0.3 is 17.9 Å². The summed E-state index contributed by atoms with van der Waals surface area (Å²) in [7, 11) is 0. The maximum Gasteiger partial charge on any atom is 0.343 e. The third-order valence-corrected chi connectivity index (χ3v) is 9.17. The molecule has 4 rings (SSSR count). The van der Waals surface area contributed by atoms with Gasteiger partial charge in [0, 0.05) is 6.42 Å². The van der Waals surface area contributed by atoms with Gasteiger partial charge in [0.2, 0.25) is 0 Å². The average molecular weight is 679 g/mol. The molecule has 0 saturated heterocycles. The zero-order valence-electron chi connectivity index (χ0n) is 30.2. The van der Waals surface area contributed by atoms with Crippen LogP contribution in [0.4, 0.5) is 0 Å². The van der Waals surface area contributed by atoms with Crippen molar-refractivity contribution >= 4 is 28.7 Å². The maximum atomic E-state index is 13.0. The summed E-state index contributed by atoms with van der Waals surface area (Å²) in [5.74, 6) is -0.235. The van der Waals surface area contributed by atoms with Crippen molar-refractivity contribution in [2.75, 3.05) is 6.61 Å². The average Bonchev–Trinajstić information content (AvgIpc) is 3.13. The van der Waals surface area contributed by atoms with Crippen LogP contribution in [0.1, 0.15) is 133 Å². The second-order valence-electron chi connectivity index (χ2n) is 13.3. The summed E-state index contributed by atoms with van der Waals surface area (Å²) in [6.07, 6.45) is 15.6. The molecule has 0 aliphatic rings. The van der Waals surface area contributed by atoms with E-state index >= 15 is 0 Å². The van der Waals surface area contributed by atoms with Crippen molar-refractivity contribution in [1.29, 1.82) is 0 Å². The van der Waals surface area contributed by atoms with Gasteiger partial charge in [-0.2, -0.15) is 0 Å². The lowest BCUT2D eigenvalue weighted by molar-refractivity contribution is -0.145. The first-order chi connectivity index (χ1) is 24.4. The first-order valence-corrected chi connectivity index (χ1v) is 18.7. The zero-order valence-corrected chi connectivity index (χ0v) is 30.2. The number of unbranched alkanes of at least 4 members (excludes halogenated alkanes) is 11. The Bertz CT molecular complexity index is 1640. The summed E-state index contributed by atoms with van der Waals surface area (Å²) in [4.78, 5) is 37.8. The first kappa shape index (κ1) is 38.4. The van der Waals surface area contributed by atoms with E-state index in [2.05, 4.69) is 13.8 Å². The van der Waals surface area contributed by atoms with Crippen LogP contribution >= 0.6 is 0 Å². The van der Waals surface area contributed by atoms with E-state index in [4.69, 9.17) is 14.2 Å². The fourth-order valence-electron chi connectivity index (χ4n) is 5.98. The number of benzene rings is 4. The monoisotopic (exact) mass is 678 g/mol. The van der Waals surface area contributed by atoms with Gasteiger partial charge < -0.3 is 14.2 Å². The minimum atomic E-state index is -0.447. The Morgan fingerprint density at radius 2 is 1.10 bits per heavy atom. The van der Waals surface area contributed by atoms with Crippen LogP contribution in [-0.4, -0.2) is 24.5 Å². The topological polar surface area (TPSA) is 78.9 Å². The standard InChI is InChI=1S/C44H54O6/c1-4-6-8-10-11-12-13-14-15-17-42(45)49-40-27-24-35(25-28-40)34-18-20-36(21-19-34)44(47)50-41-29-26-38-31-37(22-23-39(38)32-41)33(3)43(46)48-30-16-9-7-5-2/h18-29,31-33H,4-17,30H2,1-3H3/t33-/m0/s1. The van der Waals surface area contributed by atoms with E-state index in [0.717, 1.165) is 66.0 Å². The third-order valence-electron chi connectivity index (χ3n) is 9.17. The number of hydrogen-bond acceptors (Lipinski definition) is 6. The van der Waals surface area contributed by atoms with Crippen LogP contribution in [0.5, 0.6) is 11.5 Å². The van der Waals surface area contributed by atoms with Crippen molar-refractivity contribution in [3.8, 4) is 22.6 Å². The van der Waals surface area contributed by atoms with Crippen molar-refractivity contribution in [3.05, 3.63) is 96.1 Å². The minimum absolute atomic E-state index is 0.195. The molecule has 1 atom stereocenters. The van der Waals surface area contributed by atoms with E-state index in [-0.39, 0.29) is 17.9 Å². The number of hydrogen-bond donors (Lipinski definition) is 0. The van der Waals surface area contributed by atoms with Crippen molar-refractivity contribution in [2.45, 2.75) is 117 Å². The smallest absolute Gasteiger partial charge is 0.343 e. The van der Waals surface area contributed by atoms with E-state index in [0.29, 0.717) is 30.1 Å². The van der Waals surface area contributed by atoms with Gasteiger partial charge in [-0.05, 0) is 83.6 Å². The molecule has 0 aromatic heterocycles. The van der Waals surface area contributed by atoms with Crippen molar-refractivity contribution in [2.24, 2.45) is 0 Å². The van der Waals surface area contributed by atoms with E-state index < -0.39 is 5.97 Å². The van der Waals surface area contributed by atoms with Crippen LogP contribution in [0.3, 0.4) is 0 Å². The van der Waals surface area contributed by atoms with Gasteiger partial charge in [0.1, 0.15) is 11.5 Å². The Morgan fingerprint density at radius 3 is 1.76 bits per heavy atom. The molecule has 4 aromatic rings. The molecule has 0 fully saturated rings. The van der Waals surface area contributed by atoms with Gasteiger partial charge in [0.25, 0.3) is 0 Å². The number of rotatable bonds is 21. The molecule has 0 bridgehead atoms. The van der Waals surface area contributed by atoms with Crippen molar-refractivity contribution in [3.63, 3.8) is 0 Å². The van der Waals surface area contributed by atoms with E-state index in [1.807, 2.05) is 61.5 Å².